The summed E-state index contributed by atoms with van der Waals surface area (Å²) in [7, 11) is 0. The van der Waals surface area contributed by atoms with Gasteiger partial charge in [0.2, 0.25) is 0 Å². The fraction of sp³-hybridized carbons (Fsp3) is 0.692. The summed E-state index contributed by atoms with van der Waals surface area (Å²) in [6.07, 6.45) is 5.94. The molecule has 0 aromatic carbocycles. The van der Waals surface area contributed by atoms with Gasteiger partial charge in [-0.25, -0.2) is 9.97 Å². The molecule has 1 heterocycles. The molecule has 1 fully saturated rings. The van der Waals surface area contributed by atoms with Crippen LogP contribution < -0.4 is 5.73 Å². The van der Waals surface area contributed by atoms with E-state index >= 15 is 0 Å². The molecule has 1 saturated carbocycles. The van der Waals surface area contributed by atoms with Crippen molar-refractivity contribution in [1.29, 1.82) is 0 Å². The van der Waals surface area contributed by atoms with E-state index in [1.807, 2.05) is 0 Å². The van der Waals surface area contributed by atoms with Crippen LogP contribution in [0.5, 0.6) is 0 Å². The van der Waals surface area contributed by atoms with Crippen molar-refractivity contribution >= 4 is 0 Å². The Hall–Kier alpha value is -0.960. The second-order valence-corrected chi connectivity index (χ2v) is 5.21. The maximum Gasteiger partial charge on any atom is 0.131 e. The summed E-state index contributed by atoms with van der Waals surface area (Å²) in [6.45, 7) is 2.93. The van der Waals surface area contributed by atoms with Gasteiger partial charge in [-0.15, -0.1) is 0 Å². The van der Waals surface area contributed by atoms with Crippen LogP contribution in [-0.4, -0.2) is 16.5 Å². The van der Waals surface area contributed by atoms with Gasteiger partial charge in [-0.3, -0.25) is 0 Å². The molecule has 1 unspecified atom stereocenters. The van der Waals surface area contributed by atoms with Crippen LogP contribution in [0.15, 0.2) is 0 Å². The molecular formula is C13H19N3. The van der Waals surface area contributed by atoms with Crippen LogP contribution >= 0.6 is 0 Å². The smallest absolute Gasteiger partial charge is 0.131 e. The standard InChI is InChI=1S/C13H19N3/c1-8-11-6-9(7-14)2-5-12(11)16-13(15-8)10-3-4-10/h9-10H,2-7,14H2,1H3. The van der Waals surface area contributed by atoms with Gasteiger partial charge in [-0.2, -0.15) is 0 Å². The molecule has 16 heavy (non-hydrogen) atoms. The van der Waals surface area contributed by atoms with E-state index in [4.69, 9.17) is 10.7 Å². The van der Waals surface area contributed by atoms with Crippen molar-refractivity contribution in [2.45, 2.75) is 44.9 Å². The summed E-state index contributed by atoms with van der Waals surface area (Å²) in [6, 6.07) is 0. The lowest BCUT2D eigenvalue weighted by atomic mass is 9.86. The third-order valence-corrected chi connectivity index (χ3v) is 3.87. The number of aryl methyl sites for hydroxylation is 2. The molecule has 86 valence electrons. The van der Waals surface area contributed by atoms with Gasteiger partial charge in [0.15, 0.2) is 0 Å². The van der Waals surface area contributed by atoms with E-state index in [1.54, 1.807) is 0 Å². The molecule has 2 N–H and O–H groups in total. The van der Waals surface area contributed by atoms with Crippen LogP contribution in [0.25, 0.3) is 0 Å². The summed E-state index contributed by atoms with van der Waals surface area (Å²) < 4.78 is 0. The van der Waals surface area contributed by atoms with Crippen molar-refractivity contribution in [2.24, 2.45) is 11.7 Å². The van der Waals surface area contributed by atoms with Gasteiger partial charge in [0, 0.05) is 17.3 Å². The van der Waals surface area contributed by atoms with E-state index in [1.165, 1.54) is 36.2 Å². The SMILES string of the molecule is Cc1nc(C2CC2)nc2c1CC(CN)CC2. The molecule has 3 rings (SSSR count). The molecule has 0 amide bonds. The van der Waals surface area contributed by atoms with Gasteiger partial charge in [0.25, 0.3) is 0 Å². The summed E-state index contributed by atoms with van der Waals surface area (Å²) in [4.78, 5) is 9.42. The van der Waals surface area contributed by atoms with E-state index in [2.05, 4.69) is 11.9 Å². The number of aromatic nitrogens is 2. The quantitative estimate of drug-likeness (QED) is 0.820. The molecule has 0 bridgehead atoms. The van der Waals surface area contributed by atoms with Gasteiger partial charge in [-0.05, 0) is 57.1 Å². The molecule has 1 aromatic heterocycles. The maximum atomic E-state index is 5.76. The van der Waals surface area contributed by atoms with Crippen molar-refractivity contribution in [3.8, 4) is 0 Å². The summed E-state index contributed by atoms with van der Waals surface area (Å²) in [5.74, 6) is 2.40. The molecule has 0 aliphatic heterocycles. The predicted octanol–water partition coefficient (Wildman–Crippen LogP) is 1.73. The first-order valence-corrected chi connectivity index (χ1v) is 6.34. The van der Waals surface area contributed by atoms with Crippen LogP contribution in [0.3, 0.4) is 0 Å². The number of rotatable bonds is 2. The lowest BCUT2D eigenvalue weighted by Gasteiger charge is -2.24. The molecule has 1 atom stereocenters. The number of hydrogen-bond acceptors (Lipinski definition) is 3. The Kier molecular flexibility index (Phi) is 2.43. The minimum Gasteiger partial charge on any atom is -0.330 e. The van der Waals surface area contributed by atoms with Crippen molar-refractivity contribution in [2.75, 3.05) is 6.54 Å². The first-order chi connectivity index (χ1) is 7.78. The molecule has 3 nitrogen and oxygen atoms in total. The van der Waals surface area contributed by atoms with Crippen LogP contribution in [0, 0.1) is 12.8 Å². The normalized spacial score (nSPS) is 24.2. The highest BCUT2D eigenvalue weighted by Crippen LogP contribution is 2.39. The second kappa shape index (κ2) is 3.81. The van der Waals surface area contributed by atoms with Crippen LogP contribution in [-0.2, 0) is 12.8 Å². The molecule has 2 aliphatic carbocycles. The Bertz CT molecular complexity index is 410. The van der Waals surface area contributed by atoms with Gasteiger partial charge in [0.1, 0.15) is 5.82 Å². The fourth-order valence-electron chi connectivity index (χ4n) is 2.61. The van der Waals surface area contributed by atoms with Gasteiger partial charge in [-0.1, -0.05) is 0 Å². The zero-order valence-corrected chi connectivity index (χ0v) is 9.87. The van der Waals surface area contributed by atoms with Gasteiger partial charge in [0.05, 0.1) is 0 Å². The lowest BCUT2D eigenvalue weighted by molar-refractivity contribution is 0.458. The number of fused-ring (bicyclic) bond motifs is 1. The summed E-state index contributed by atoms with van der Waals surface area (Å²) in [5.41, 5.74) is 9.64. The molecule has 2 aliphatic rings. The Labute approximate surface area is 96.5 Å². The molecule has 0 radical (unpaired) electrons. The van der Waals surface area contributed by atoms with Gasteiger partial charge >= 0.3 is 0 Å². The first kappa shape index (κ1) is 10.2. The number of hydrogen-bond donors (Lipinski definition) is 1. The zero-order valence-electron chi connectivity index (χ0n) is 9.87. The average molecular weight is 217 g/mol. The summed E-state index contributed by atoms with van der Waals surface area (Å²) >= 11 is 0. The average Bonchev–Trinajstić information content (AvgIpc) is 3.12. The van der Waals surface area contributed by atoms with Crippen LogP contribution in [0.4, 0.5) is 0 Å². The minimum absolute atomic E-state index is 0.640. The Morgan fingerprint density at radius 3 is 2.75 bits per heavy atom. The zero-order chi connectivity index (χ0) is 11.1. The molecule has 0 saturated heterocycles. The van der Waals surface area contributed by atoms with E-state index < -0.39 is 0 Å². The first-order valence-electron chi connectivity index (χ1n) is 6.34. The van der Waals surface area contributed by atoms with Crippen LogP contribution in [0.2, 0.25) is 0 Å². The fourth-order valence-corrected chi connectivity index (χ4v) is 2.61. The highest BCUT2D eigenvalue weighted by atomic mass is 14.9. The molecule has 3 heteroatoms. The van der Waals surface area contributed by atoms with Crippen molar-refractivity contribution in [3.05, 3.63) is 22.8 Å². The Morgan fingerprint density at radius 2 is 2.06 bits per heavy atom. The van der Waals surface area contributed by atoms with E-state index in [0.717, 1.165) is 25.2 Å². The lowest BCUT2D eigenvalue weighted by Crippen LogP contribution is -2.24. The maximum absolute atomic E-state index is 5.76. The van der Waals surface area contributed by atoms with Crippen molar-refractivity contribution < 1.29 is 0 Å². The predicted molar refractivity (Wildman–Crippen MR) is 63.3 cm³/mol. The molecule has 0 spiro atoms. The monoisotopic (exact) mass is 217 g/mol. The van der Waals surface area contributed by atoms with E-state index in [9.17, 15) is 0 Å². The van der Waals surface area contributed by atoms with E-state index in [0.29, 0.717) is 11.8 Å². The molecule has 1 aromatic rings. The van der Waals surface area contributed by atoms with Crippen molar-refractivity contribution in [1.82, 2.24) is 9.97 Å². The van der Waals surface area contributed by atoms with E-state index in [-0.39, 0.29) is 0 Å². The highest BCUT2D eigenvalue weighted by Gasteiger charge is 2.29. The van der Waals surface area contributed by atoms with Crippen LogP contribution in [0.1, 0.15) is 48.0 Å². The molecular weight excluding hydrogens is 198 g/mol. The topological polar surface area (TPSA) is 51.8 Å². The van der Waals surface area contributed by atoms with Crippen molar-refractivity contribution in [3.63, 3.8) is 0 Å². The third-order valence-electron chi connectivity index (χ3n) is 3.87. The minimum atomic E-state index is 0.640. The number of nitrogens with two attached hydrogens (primary N) is 1. The number of nitrogens with zero attached hydrogens (tertiary/aromatic N) is 2. The highest BCUT2D eigenvalue weighted by molar-refractivity contribution is 5.29. The second-order valence-electron chi connectivity index (χ2n) is 5.21. The third kappa shape index (κ3) is 1.73. The van der Waals surface area contributed by atoms with Gasteiger partial charge < -0.3 is 5.73 Å². The largest absolute Gasteiger partial charge is 0.330 e. The Morgan fingerprint density at radius 1 is 1.25 bits per heavy atom. The Balaban J connectivity index is 1.95. The summed E-state index contributed by atoms with van der Waals surface area (Å²) in [5, 5.41) is 0.